The molecule has 3 aromatic rings. The lowest BCUT2D eigenvalue weighted by atomic mass is 10.3. The van der Waals surface area contributed by atoms with Crippen molar-refractivity contribution in [2.75, 3.05) is 10.6 Å². The average Bonchev–Trinajstić information content (AvgIpc) is 3.20. The van der Waals surface area contributed by atoms with E-state index in [1.54, 1.807) is 30.3 Å². The van der Waals surface area contributed by atoms with E-state index in [1.807, 2.05) is 0 Å². The van der Waals surface area contributed by atoms with Gasteiger partial charge in [-0.2, -0.15) is 0 Å². The van der Waals surface area contributed by atoms with Gasteiger partial charge in [0.25, 0.3) is 11.8 Å². The van der Waals surface area contributed by atoms with Gasteiger partial charge in [0.15, 0.2) is 5.76 Å². The van der Waals surface area contributed by atoms with Crippen molar-refractivity contribution in [2.45, 2.75) is 0 Å². The van der Waals surface area contributed by atoms with Gasteiger partial charge >= 0.3 is 0 Å². The summed E-state index contributed by atoms with van der Waals surface area (Å²) in [6.07, 6.45) is 1.40. The molecule has 2 aromatic heterocycles. The Morgan fingerprint density at radius 3 is 2.52 bits per heavy atom. The molecule has 7 heteroatoms. The third-order valence-electron chi connectivity index (χ3n) is 2.93. The number of anilines is 2. The van der Waals surface area contributed by atoms with Crippen LogP contribution >= 0.6 is 11.3 Å². The summed E-state index contributed by atoms with van der Waals surface area (Å²) in [5, 5.41) is 5.60. The van der Waals surface area contributed by atoms with E-state index < -0.39 is 17.6 Å². The highest BCUT2D eigenvalue weighted by atomic mass is 32.1. The first-order valence-electron chi connectivity index (χ1n) is 6.64. The maximum absolute atomic E-state index is 13.5. The zero-order valence-electron chi connectivity index (χ0n) is 11.7. The number of carbonyl (C=O) groups is 2. The molecule has 0 aliphatic carbocycles. The van der Waals surface area contributed by atoms with E-state index in [-0.39, 0.29) is 11.4 Å². The first-order valence-corrected chi connectivity index (χ1v) is 7.46. The van der Waals surface area contributed by atoms with E-state index >= 15 is 0 Å². The van der Waals surface area contributed by atoms with Gasteiger partial charge in [0.05, 0.1) is 21.8 Å². The van der Waals surface area contributed by atoms with Gasteiger partial charge in [0.2, 0.25) is 0 Å². The molecule has 0 saturated carbocycles. The second kappa shape index (κ2) is 6.45. The molecule has 0 aliphatic heterocycles. The monoisotopic (exact) mass is 330 g/mol. The van der Waals surface area contributed by atoms with Gasteiger partial charge in [-0.3, -0.25) is 9.59 Å². The Labute approximate surface area is 134 Å². The van der Waals surface area contributed by atoms with Crippen LogP contribution in [-0.4, -0.2) is 11.8 Å². The van der Waals surface area contributed by atoms with Crippen LogP contribution in [0.2, 0.25) is 0 Å². The van der Waals surface area contributed by atoms with Crippen LogP contribution in [0.15, 0.2) is 59.2 Å². The van der Waals surface area contributed by atoms with E-state index in [4.69, 9.17) is 4.42 Å². The molecule has 2 N–H and O–H groups in total. The molecular formula is C16H11FN2O3S. The molecule has 0 fully saturated rings. The summed E-state index contributed by atoms with van der Waals surface area (Å²) in [5.74, 6) is -1.18. The Kier molecular flexibility index (Phi) is 4.20. The minimum atomic E-state index is -0.510. The van der Waals surface area contributed by atoms with Gasteiger partial charge in [0.1, 0.15) is 5.82 Å². The smallest absolute Gasteiger partial charge is 0.291 e. The molecule has 0 aliphatic rings. The SMILES string of the molecule is O=C(Nc1ccc(C(=O)Nc2ccccc2F)s1)c1ccco1. The highest BCUT2D eigenvalue weighted by Crippen LogP contribution is 2.24. The molecule has 2 amide bonds. The fraction of sp³-hybridized carbons (Fsp3) is 0. The number of amides is 2. The van der Waals surface area contributed by atoms with Crippen molar-refractivity contribution in [2.24, 2.45) is 0 Å². The number of carbonyl (C=O) groups excluding carboxylic acids is 2. The number of thiophene rings is 1. The lowest BCUT2D eigenvalue weighted by molar-refractivity contribution is 0.0995. The summed E-state index contributed by atoms with van der Waals surface area (Å²) < 4.78 is 18.5. The van der Waals surface area contributed by atoms with Crippen LogP contribution < -0.4 is 10.6 Å². The molecule has 0 atom stereocenters. The molecule has 116 valence electrons. The minimum Gasteiger partial charge on any atom is -0.459 e. The van der Waals surface area contributed by atoms with Crippen LogP contribution in [0.25, 0.3) is 0 Å². The average molecular weight is 330 g/mol. The predicted molar refractivity (Wildman–Crippen MR) is 85.3 cm³/mol. The van der Waals surface area contributed by atoms with Crippen molar-refractivity contribution < 1.29 is 18.4 Å². The predicted octanol–water partition coefficient (Wildman–Crippen LogP) is 3.98. The van der Waals surface area contributed by atoms with Crippen molar-refractivity contribution >= 4 is 33.8 Å². The molecule has 23 heavy (non-hydrogen) atoms. The zero-order valence-corrected chi connectivity index (χ0v) is 12.5. The fourth-order valence-corrected chi connectivity index (χ4v) is 2.65. The van der Waals surface area contributed by atoms with Crippen LogP contribution in [0.1, 0.15) is 20.2 Å². The summed E-state index contributed by atoms with van der Waals surface area (Å²) in [5.41, 5.74) is 0.104. The van der Waals surface area contributed by atoms with E-state index in [1.165, 1.54) is 24.5 Å². The van der Waals surface area contributed by atoms with Crippen LogP contribution in [0.5, 0.6) is 0 Å². The molecule has 1 aromatic carbocycles. The second-order valence-corrected chi connectivity index (χ2v) is 5.61. The van der Waals surface area contributed by atoms with E-state index in [9.17, 15) is 14.0 Å². The van der Waals surface area contributed by atoms with Gasteiger partial charge in [-0.05, 0) is 36.4 Å². The van der Waals surface area contributed by atoms with Gasteiger partial charge in [-0.25, -0.2) is 4.39 Å². The van der Waals surface area contributed by atoms with Crippen molar-refractivity contribution in [3.8, 4) is 0 Å². The molecule has 5 nitrogen and oxygen atoms in total. The summed E-state index contributed by atoms with van der Waals surface area (Å²) in [6, 6.07) is 12.2. The van der Waals surface area contributed by atoms with Gasteiger partial charge in [-0.15, -0.1) is 11.3 Å². The fourth-order valence-electron chi connectivity index (χ4n) is 1.85. The van der Waals surface area contributed by atoms with E-state index in [0.29, 0.717) is 9.88 Å². The number of furan rings is 1. The van der Waals surface area contributed by atoms with E-state index in [0.717, 1.165) is 11.3 Å². The van der Waals surface area contributed by atoms with Crippen LogP contribution in [0.4, 0.5) is 15.1 Å². The lowest BCUT2D eigenvalue weighted by Crippen LogP contribution is -2.11. The third kappa shape index (κ3) is 3.46. The van der Waals surface area contributed by atoms with Gasteiger partial charge < -0.3 is 15.1 Å². The third-order valence-corrected chi connectivity index (χ3v) is 3.93. The highest BCUT2D eigenvalue weighted by molar-refractivity contribution is 7.18. The van der Waals surface area contributed by atoms with Crippen LogP contribution in [-0.2, 0) is 0 Å². The molecule has 3 rings (SSSR count). The summed E-state index contributed by atoms with van der Waals surface area (Å²) in [4.78, 5) is 24.3. The maximum Gasteiger partial charge on any atom is 0.291 e. The number of rotatable bonds is 4. The van der Waals surface area contributed by atoms with E-state index in [2.05, 4.69) is 10.6 Å². The maximum atomic E-state index is 13.5. The van der Waals surface area contributed by atoms with Crippen molar-refractivity contribution in [3.05, 3.63) is 71.2 Å². The summed E-state index contributed by atoms with van der Waals surface area (Å²) in [6.45, 7) is 0. The van der Waals surface area contributed by atoms with Gasteiger partial charge in [-0.1, -0.05) is 12.1 Å². The largest absolute Gasteiger partial charge is 0.459 e. The highest BCUT2D eigenvalue weighted by Gasteiger charge is 2.14. The summed E-state index contributed by atoms with van der Waals surface area (Å²) in [7, 11) is 0. The molecule has 0 bridgehead atoms. The number of benzene rings is 1. The van der Waals surface area contributed by atoms with Crippen LogP contribution in [0.3, 0.4) is 0 Å². The number of hydrogen-bond donors (Lipinski definition) is 2. The summed E-state index contributed by atoms with van der Waals surface area (Å²) >= 11 is 1.08. The molecule has 2 heterocycles. The minimum absolute atomic E-state index is 0.104. The first kappa shape index (κ1) is 15.0. The molecule has 0 saturated heterocycles. The van der Waals surface area contributed by atoms with Crippen molar-refractivity contribution in [1.29, 1.82) is 0 Å². The van der Waals surface area contributed by atoms with Crippen molar-refractivity contribution in [3.63, 3.8) is 0 Å². The quantitative estimate of drug-likeness (QED) is 0.760. The number of hydrogen-bond acceptors (Lipinski definition) is 4. The molecule has 0 unspecified atom stereocenters. The van der Waals surface area contributed by atoms with Crippen molar-refractivity contribution in [1.82, 2.24) is 0 Å². The lowest BCUT2D eigenvalue weighted by Gasteiger charge is -2.04. The normalized spacial score (nSPS) is 10.3. The molecule has 0 spiro atoms. The number of nitrogens with one attached hydrogen (secondary N) is 2. The van der Waals surface area contributed by atoms with Gasteiger partial charge in [0, 0.05) is 0 Å². The number of halogens is 1. The number of para-hydroxylation sites is 1. The first-order chi connectivity index (χ1) is 11.1. The topological polar surface area (TPSA) is 71.3 Å². The molecule has 0 radical (unpaired) electrons. The Hall–Kier alpha value is -2.93. The Bertz CT molecular complexity index is 843. The van der Waals surface area contributed by atoms with Crippen LogP contribution in [0, 0.1) is 5.82 Å². The second-order valence-electron chi connectivity index (χ2n) is 4.53. The standard InChI is InChI=1S/C16H11FN2O3S/c17-10-4-1-2-5-11(10)18-16(21)13-7-8-14(23-13)19-15(20)12-6-3-9-22-12/h1-9H,(H,18,21)(H,19,20). The molecular weight excluding hydrogens is 319 g/mol. The Morgan fingerprint density at radius 1 is 0.957 bits per heavy atom. The zero-order chi connectivity index (χ0) is 16.2. The Morgan fingerprint density at radius 2 is 1.78 bits per heavy atom. The Balaban J connectivity index is 1.68.